The van der Waals surface area contributed by atoms with Crippen LogP contribution in [0.3, 0.4) is 0 Å². The van der Waals surface area contributed by atoms with E-state index >= 15 is 0 Å². The lowest BCUT2D eigenvalue weighted by molar-refractivity contribution is -0.130. The van der Waals surface area contributed by atoms with Crippen molar-refractivity contribution < 1.29 is 9.59 Å². The number of hydrogen-bond acceptors (Lipinski definition) is 2. The maximum atomic E-state index is 12.3. The number of carbonyl (C=O) groups excluding carboxylic acids is 2. The van der Waals surface area contributed by atoms with Gasteiger partial charge in [-0.15, -0.1) is 6.58 Å². The van der Waals surface area contributed by atoms with E-state index in [1.807, 2.05) is 22.8 Å². The Morgan fingerprint density at radius 3 is 2.86 bits per heavy atom. The Morgan fingerprint density at radius 1 is 1.41 bits per heavy atom. The van der Waals surface area contributed by atoms with Crippen LogP contribution in [0.25, 0.3) is 0 Å². The van der Waals surface area contributed by atoms with Gasteiger partial charge in [-0.1, -0.05) is 13.0 Å². The average Bonchev–Trinajstić information content (AvgIpc) is 2.69. The van der Waals surface area contributed by atoms with E-state index in [2.05, 4.69) is 18.8 Å². The first-order valence-electron chi connectivity index (χ1n) is 8.49. The summed E-state index contributed by atoms with van der Waals surface area (Å²) in [5, 5.41) is 3.04. The third kappa shape index (κ3) is 3.45. The van der Waals surface area contributed by atoms with Crippen molar-refractivity contribution in [3.63, 3.8) is 0 Å². The molecule has 2 saturated heterocycles. The lowest BCUT2D eigenvalue weighted by Crippen LogP contribution is -2.47. The molecule has 1 N–H and O–H groups in total. The van der Waals surface area contributed by atoms with Crippen molar-refractivity contribution in [1.29, 1.82) is 0 Å². The second kappa shape index (κ2) is 7.16. The van der Waals surface area contributed by atoms with Crippen molar-refractivity contribution in [2.45, 2.75) is 64.0 Å². The van der Waals surface area contributed by atoms with Gasteiger partial charge in [0.1, 0.15) is 0 Å². The van der Waals surface area contributed by atoms with Crippen LogP contribution < -0.4 is 5.32 Å². The zero-order valence-electron chi connectivity index (χ0n) is 13.9. The summed E-state index contributed by atoms with van der Waals surface area (Å²) in [4.78, 5) is 28.4. The lowest BCUT2D eigenvalue weighted by Gasteiger charge is -2.37. The summed E-state index contributed by atoms with van der Waals surface area (Å²) in [6, 6.07) is 0.237. The lowest BCUT2D eigenvalue weighted by atomic mass is 9.88. The molecule has 0 radical (unpaired) electrons. The normalized spacial score (nSPS) is 26.9. The third-order valence-corrected chi connectivity index (χ3v) is 5.18. The minimum absolute atomic E-state index is 0.0333. The van der Waals surface area contributed by atoms with Crippen LogP contribution in [0.2, 0.25) is 0 Å². The third-order valence-electron chi connectivity index (χ3n) is 5.18. The molecule has 0 aromatic carbocycles. The first-order valence-corrected chi connectivity index (χ1v) is 8.49. The van der Waals surface area contributed by atoms with Gasteiger partial charge in [-0.3, -0.25) is 4.79 Å². The molecule has 2 rings (SSSR count). The van der Waals surface area contributed by atoms with Crippen molar-refractivity contribution in [2.24, 2.45) is 0 Å². The molecular weight excluding hydrogens is 278 g/mol. The molecular formula is C17H29N3O2. The SMILES string of the molecule is C=CCN1C(=O)CC[C@@]12CCCN(C(=O)N[C@@H](C)CC)CC2. The summed E-state index contributed by atoms with van der Waals surface area (Å²) in [5.74, 6) is 0.234. The van der Waals surface area contributed by atoms with Crippen LogP contribution in [0, 0.1) is 0 Å². The van der Waals surface area contributed by atoms with Crippen LogP contribution in [-0.4, -0.2) is 53.0 Å². The number of amides is 3. The van der Waals surface area contributed by atoms with Crippen molar-refractivity contribution in [3.8, 4) is 0 Å². The van der Waals surface area contributed by atoms with Crippen molar-refractivity contribution in [2.75, 3.05) is 19.6 Å². The Morgan fingerprint density at radius 2 is 2.18 bits per heavy atom. The standard InChI is InChI=1S/C17H29N3O2/c1-4-11-20-15(21)7-9-17(20)8-6-12-19(13-10-17)16(22)18-14(3)5-2/h4,14H,1,5-13H2,2-3H3,(H,18,22)/t14-,17+/m0/s1. The fourth-order valence-electron chi connectivity index (χ4n) is 3.60. The molecule has 0 saturated carbocycles. The highest BCUT2D eigenvalue weighted by Crippen LogP contribution is 2.38. The molecule has 2 fully saturated rings. The van der Waals surface area contributed by atoms with E-state index in [9.17, 15) is 9.59 Å². The Hall–Kier alpha value is -1.52. The largest absolute Gasteiger partial charge is 0.336 e. The molecule has 0 aliphatic carbocycles. The van der Waals surface area contributed by atoms with E-state index in [1.165, 1.54) is 0 Å². The van der Waals surface area contributed by atoms with Gasteiger partial charge in [-0.2, -0.15) is 0 Å². The molecule has 0 unspecified atom stereocenters. The van der Waals surface area contributed by atoms with E-state index < -0.39 is 0 Å². The highest BCUT2D eigenvalue weighted by molar-refractivity contribution is 5.80. The quantitative estimate of drug-likeness (QED) is 0.811. The molecule has 2 aliphatic rings. The monoisotopic (exact) mass is 307 g/mol. The summed E-state index contributed by atoms with van der Waals surface area (Å²) in [6.07, 6.45) is 7.11. The first-order chi connectivity index (χ1) is 10.5. The van der Waals surface area contributed by atoms with Crippen LogP contribution >= 0.6 is 0 Å². The van der Waals surface area contributed by atoms with Gasteiger partial charge in [0.05, 0.1) is 0 Å². The molecule has 0 bridgehead atoms. The Kier molecular flexibility index (Phi) is 5.48. The molecule has 1 spiro atoms. The van der Waals surface area contributed by atoms with Crippen LogP contribution in [0.5, 0.6) is 0 Å². The molecule has 3 amide bonds. The average molecular weight is 307 g/mol. The van der Waals surface area contributed by atoms with E-state index in [4.69, 9.17) is 0 Å². The molecule has 124 valence electrons. The maximum Gasteiger partial charge on any atom is 0.317 e. The highest BCUT2D eigenvalue weighted by atomic mass is 16.2. The number of urea groups is 1. The number of rotatable bonds is 4. The Labute approximate surface area is 133 Å². The zero-order chi connectivity index (χ0) is 16.2. The van der Waals surface area contributed by atoms with Crippen LogP contribution in [0.1, 0.15) is 52.4 Å². The number of likely N-dealkylation sites (tertiary alicyclic amines) is 2. The minimum atomic E-state index is -0.0589. The van der Waals surface area contributed by atoms with Crippen LogP contribution in [-0.2, 0) is 4.79 Å². The molecule has 22 heavy (non-hydrogen) atoms. The smallest absolute Gasteiger partial charge is 0.317 e. The van der Waals surface area contributed by atoms with Gasteiger partial charge in [0.25, 0.3) is 0 Å². The second-order valence-electron chi connectivity index (χ2n) is 6.62. The highest BCUT2D eigenvalue weighted by Gasteiger charge is 2.45. The van der Waals surface area contributed by atoms with Crippen molar-refractivity contribution >= 4 is 11.9 Å². The molecule has 2 aliphatic heterocycles. The van der Waals surface area contributed by atoms with Crippen molar-refractivity contribution in [3.05, 3.63) is 12.7 Å². The first kappa shape index (κ1) is 16.8. The minimum Gasteiger partial charge on any atom is -0.336 e. The molecule has 0 aromatic heterocycles. The number of nitrogens with zero attached hydrogens (tertiary/aromatic N) is 2. The van der Waals surface area contributed by atoms with E-state index in [0.717, 1.165) is 45.2 Å². The fourth-order valence-corrected chi connectivity index (χ4v) is 3.60. The Balaban J connectivity index is 2.01. The number of hydrogen-bond donors (Lipinski definition) is 1. The van der Waals surface area contributed by atoms with Crippen molar-refractivity contribution in [1.82, 2.24) is 15.1 Å². The van der Waals surface area contributed by atoms with Gasteiger partial charge in [0, 0.05) is 37.6 Å². The summed E-state index contributed by atoms with van der Waals surface area (Å²) in [7, 11) is 0. The van der Waals surface area contributed by atoms with E-state index in [-0.39, 0.29) is 23.5 Å². The molecule has 0 aromatic rings. The van der Waals surface area contributed by atoms with Gasteiger partial charge >= 0.3 is 6.03 Å². The maximum absolute atomic E-state index is 12.3. The van der Waals surface area contributed by atoms with Gasteiger partial charge in [0.2, 0.25) is 5.91 Å². The Bertz CT molecular complexity index is 438. The van der Waals surface area contributed by atoms with Crippen LogP contribution in [0.4, 0.5) is 4.79 Å². The van der Waals surface area contributed by atoms with Gasteiger partial charge in [-0.05, 0) is 39.0 Å². The van der Waals surface area contributed by atoms with Gasteiger partial charge in [0.15, 0.2) is 0 Å². The summed E-state index contributed by atoms with van der Waals surface area (Å²) >= 11 is 0. The van der Waals surface area contributed by atoms with Gasteiger partial charge < -0.3 is 15.1 Å². The van der Waals surface area contributed by atoms with Crippen LogP contribution in [0.15, 0.2) is 12.7 Å². The molecule has 2 heterocycles. The molecule has 5 heteroatoms. The number of nitrogens with one attached hydrogen (secondary N) is 1. The topological polar surface area (TPSA) is 52.7 Å². The summed E-state index contributed by atoms with van der Waals surface area (Å²) in [5.41, 5.74) is -0.0589. The van der Waals surface area contributed by atoms with E-state index in [1.54, 1.807) is 0 Å². The fraction of sp³-hybridized carbons (Fsp3) is 0.765. The predicted octanol–water partition coefficient (Wildman–Crippen LogP) is 2.53. The summed E-state index contributed by atoms with van der Waals surface area (Å²) in [6.45, 7) is 10.00. The molecule has 2 atom stereocenters. The second-order valence-corrected chi connectivity index (χ2v) is 6.62. The molecule has 5 nitrogen and oxygen atoms in total. The predicted molar refractivity (Wildman–Crippen MR) is 87.6 cm³/mol. The summed E-state index contributed by atoms with van der Waals surface area (Å²) < 4.78 is 0. The van der Waals surface area contributed by atoms with Gasteiger partial charge in [-0.25, -0.2) is 4.79 Å². The number of carbonyl (C=O) groups is 2. The zero-order valence-corrected chi connectivity index (χ0v) is 13.9. The van der Waals surface area contributed by atoms with E-state index in [0.29, 0.717) is 13.0 Å².